The maximum atomic E-state index is 11.0. The van der Waals surface area contributed by atoms with Crippen LogP contribution in [-0.2, 0) is 5.60 Å². The molecule has 0 saturated heterocycles. The molecule has 0 unspecified atom stereocenters. The van der Waals surface area contributed by atoms with E-state index >= 15 is 0 Å². The van der Waals surface area contributed by atoms with Gasteiger partial charge < -0.3 is 14.7 Å². The lowest BCUT2D eigenvalue weighted by Crippen LogP contribution is -2.57. The number of para-hydroxylation sites is 1. The van der Waals surface area contributed by atoms with Crippen molar-refractivity contribution in [2.24, 2.45) is 0 Å². The molecule has 0 saturated carbocycles. The first-order valence-electron chi connectivity index (χ1n) is 8.55. The van der Waals surface area contributed by atoms with Gasteiger partial charge in [-0.25, -0.2) is 0 Å². The highest BCUT2D eigenvalue weighted by Crippen LogP contribution is 2.55. The van der Waals surface area contributed by atoms with E-state index in [2.05, 4.69) is 18.7 Å². The Morgan fingerprint density at radius 1 is 1.23 bits per heavy atom. The van der Waals surface area contributed by atoms with Gasteiger partial charge in [0.1, 0.15) is 5.75 Å². The lowest BCUT2D eigenvalue weighted by atomic mass is 9.78. The lowest BCUT2D eigenvalue weighted by Gasteiger charge is -2.45. The number of non-ortho nitro benzene ring substituents is 1. The topological polar surface area (TPSA) is 75.8 Å². The number of anilines is 1. The van der Waals surface area contributed by atoms with Gasteiger partial charge in [0.25, 0.3) is 5.69 Å². The van der Waals surface area contributed by atoms with Crippen molar-refractivity contribution in [1.82, 2.24) is 0 Å². The van der Waals surface area contributed by atoms with Crippen LogP contribution in [0.5, 0.6) is 5.75 Å². The minimum absolute atomic E-state index is 0.0420. The van der Waals surface area contributed by atoms with Gasteiger partial charge in [0, 0.05) is 35.5 Å². The van der Waals surface area contributed by atoms with Crippen molar-refractivity contribution in [3.63, 3.8) is 0 Å². The Morgan fingerprint density at radius 2 is 2.00 bits per heavy atom. The predicted octanol–water partition coefficient (Wildman–Crippen LogP) is 3.49. The van der Waals surface area contributed by atoms with E-state index in [4.69, 9.17) is 4.74 Å². The standard InChI is InChI=1S/C20H20N2O4/c1-19(2)20(16-5-3-4-6-17(16)21(19)11-12-23)10-9-14-13-15(22(24)25)7-8-18(14)26-20/h3-10,13,23H,11-12H2,1-2H3/t20-/m1/s1. The van der Waals surface area contributed by atoms with Gasteiger partial charge in [0.2, 0.25) is 0 Å². The molecule has 1 N–H and O–H groups in total. The quantitative estimate of drug-likeness (QED) is 0.676. The fourth-order valence-corrected chi connectivity index (χ4v) is 4.11. The molecule has 2 aliphatic rings. The Hall–Kier alpha value is -2.86. The largest absolute Gasteiger partial charge is 0.475 e. The third-order valence-electron chi connectivity index (χ3n) is 5.48. The van der Waals surface area contributed by atoms with E-state index in [0.717, 1.165) is 11.3 Å². The average Bonchev–Trinajstić information content (AvgIpc) is 2.81. The first-order chi connectivity index (χ1) is 12.4. The minimum atomic E-state index is -0.734. The van der Waals surface area contributed by atoms with Crippen LogP contribution >= 0.6 is 0 Å². The minimum Gasteiger partial charge on any atom is -0.475 e. The first-order valence-corrected chi connectivity index (χ1v) is 8.55. The summed E-state index contributed by atoms with van der Waals surface area (Å²) in [6.07, 6.45) is 3.88. The normalized spacial score (nSPS) is 22.0. The van der Waals surface area contributed by atoms with Crippen LogP contribution in [0.4, 0.5) is 11.4 Å². The average molecular weight is 352 g/mol. The Bertz CT molecular complexity index is 922. The summed E-state index contributed by atoms with van der Waals surface area (Å²) >= 11 is 0. The van der Waals surface area contributed by atoms with E-state index < -0.39 is 16.1 Å². The molecule has 1 atom stereocenters. The smallest absolute Gasteiger partial charge is 0.270 e. The fourth-order valence-electron chi connectivity index (χ4n) is 4.11. The molecule has 2 aromatic rings. The van der Waals surface area contributed by atoms with E-state index in [1.165, 1.54) is 12.1 Å². The number of hydrogen-bond acceptors (Lipinski definition) is 5. The van der Waals surface area contributed by atoms with E-state index in [1.54, 1.807) is 6.07 Å². The maximum absolute atomic E-state index is 11.0. The number of ether oxygens (including phenoxy) is 1. The van der Waals surface area contributed by atoms with Gasteiger partial charge in [-0.3, -0.25) is 10.1 Å². The number of fused-ring (bicyclic) bond motifs is 3. The zero-order valence-corrected chi connectivity index (χ0v) is 14.7. The summed E-state index contributed by atoms with van der Waals surface area (Å²) < 4.78 is 6.50. The van der Waals surface area contributed by atoms with Crippen LogP contribution < -0.4 is 9.64 Å². The Morgan fingerprint density at radius 3 is 2.73 bits per heavy atom. The number of aliphatic hydroxyl groups is 1. The molecule has 26 heavy (non-hydrogen) atoms. The first kappa shape index (κ1) is 16.6. The van der Waals surface area contributed by atoms with Gasteiger partial charge in [0.15, 0.2) is 5.60 Å². The highest BCUT2D eigenvalue weighted by atomic mass is 16.6. The number of nitrogens with zero attached hydrogens (tertiary/aromatic N) is 2. The van der Waals surface area contributed by atoms with Crippen molar-refractivity contribution in [2.75, 3.05) is 18.1 Å². The van der Waals surface area contributed by atoms with Gasteiger partial charge in [-0.1, -0.05) is 24.3 Å². The fraction of sp³-hybridized carbons (Fsp3) is 0.300. The van der Waals surface area contributed by atoms with E-state index in [0.29, 0.717) is 17.9 Å². The van der Waals surface area contributed by atoms with Crippen LogP contribution in [0, 0.1) is 10.1 Å². The highest BCUT2D eigenvalue weighted by Gasteiger charge is 2.58. The number of hydrogen-bond donors (Lipinski definition) is 1. The van der Waals surface area contributed by atoms with Gasteiger partial charge in [-0.05, 0) is 32.1 Å². The van der Waals surface area contributed by atoms with Gasteiger partial charge in [-0.15, -0.1) is 0 Å². The molecule has 0 fully saturated rings. The van der Waals surface area contributed by atoms with Crippen LogP contribution in [0.25, 0.3) is 6.08 Å². The molecule has 0 aromatic heterocycles. The summed E-state index contributed by atoms with van der Waals surface area (Å²) in [4.78, 5) is 12.8. The summed E-state index contributed by atoms with van der Waals surface area (Å²) in [6.45, 7) is 4.71. The molecule has 1 spiro atoms. The number of benzene rings is 2. The van der Waals surface area contributed by atoms with E-state index in [1.807, 2.05) is 36.4 Å². The van der Waals surface area contributed by atoms with Crippen LogP contribution in [0.2, 0.25) is 0 Å². The zero-order chi connectivity index (χ0) is 18.5. The van der Waals surface area contributed by atoms with Crippen molar-refractivity contribution >= 4 is 17.5 Å². The van der Waals surface area contributed by atoms with Crippen LogP contribution in [-0.4, -0.2) is 28.7 Å². The molecular formula is C20H20N2O4. The molecular weight excluding hydrogens is 332 g/mol. The molecule has 2 aromatic carbocycles. The second-order valence-electron chi connectivity index (χ2n) is 7.10. The summed E-state index contributed by atoms with van der Waals surface area (Å²) in [5.41, 5.74) is 1.61. The molecule has 0 radical (unpaired) electrons. The van der Waals surface area contributed by atoms with Crippen LogP contribution in [0.15, 0.2) is 48.5 Å². The molecule has 6 heteroatoms. The summed E-state index contributed by atoms with van der Waals surface area (Å²) in [5, 5.41) is 20.6. The van der Waals surface area contributed by atoms with Crippen molar-refractivity contribution in [1.29, 1.82) is 0 Å². The zero-order valence-electron chi connectivity index (χ0n) is 14.7. The van der Waals surface area contributed by atoms with Gasteiger partial charge >= 0.3 is 0 Å². The number of aliphatic hydroxyl groups excluding tert-OH is 1. The Balaban J connectivity index is 1.86. The lowest BCUT2D eigenvalue weighted by molar-refractivity contribution is -0.384. The third kappa shape index (κ3) is 2.08. The van der Waals surface area contributed by atoms with Gasteiger partial charge in [0.05, 0.1) is 17.1 Å². The highest BCUT2D eigenvalue weighted by molar-refractivity contribution is 5.73. The second kappa shape index (κ2) is 5.57. The number of rotatable bonds is 3. The number of β-amino-alcohol motifs (C(OH)–C–C–N with tert-alkyl or cyclic N) is 1. The van der Waals surface area contributed by atoms with E-state index in [-0.39, 0.29) is 12.3 Å². The molecule has 4 rings (SSSR count). The number of nitro groups is 1. The van der Waals surface area contributed by atoms with Crippen LogP contribution in [0.1, 0.15) is 25.0 Å². The molecule has 134 valence electrons. The molecule has 2 heterocycles. The molecule has 0 aliphatic carbocycles. The van der Waals surface area contributed by atoms with Crippen molar-refractivity contribution < 1.29 is 14.8 Å². The maximum Gasteiger partial charge on any atom is 0.270 e. The predicted molar refractivity (Wildman–Crippen MR) is 99.4 cm³/mol. The number of nitro benzene ring substituents is 1. The third-order valence-corrected chi connectivity index (χ3v) is 5.48. The van der Waals surface area contributed by atoms with Crippen molar-refractivity contribution in [3.05, 3.63) is 69.8 Å². The molecule has 2 aliphatic heterocycles. The summed E-state index contributed by atoms with van der Waals surface area (Å²) in [6, 6.07) is 12.7. The second-order valence-corrected chi connectivity index (χ2v) is 7.10. The van der Waals surface area contributed by atoms with Crippen LogP contribution in [0.3, 0.4) is 0 Å². The summed E-state index contributed by atoms with van der Waals surface area (Å²) in [5.74, 6) is 0.617. The Kier molecular flexibility index (Phi) is 3.56. The van der Waals surface area contributed by atoms with Gasteiger partial charge in [-0.2, -0.15) is 0 Å². The monoisotopic (exact) mass is 352 g/mol. The summed E-state index contributed by atoms with van der Waals surface area (Å²) in [7, 11) is 0. The molecule has 6 nitrogen and oxygen atoms in total. The van der Waals surface area contributed by atoms with Crippen molar-refractivity contribution in [2.45, 2.75) is 25.0 Å². The SMILES string of the molecule is CC1(C)N(CCO)c2ccccc2[C@]12C=Cc1cc([N+](=O)[O-])ccc1O2. The molecule has 0 bridgehead atoms. The van der Waals surface area contributed by atoms with Crippen molar-refractivity contribution in [3.8, 4) is 5.75 Å². The van der Waals surface area contributed by atoms with E-state index in [9.17, 15) is 15.2 Å². The molecule has 0 amide bonds. The Labute approximate surface area is 151 Å².